The molecule has 0 spiro atoms. The van der Waals surface area contributed by atoms with Crippen LogP contribution in [0.4, 0.5) is 0 Å². The number of likely N-dealkylation sites (tertiary alicyclic amines) is 1. The summed E-state index contributed by atoms with van der Waals surface area (Å²) in [5, 5.41) is 6.29. The number of amides is 2. The number of carbonyl (C=O) groups is 2. The van der Waals surface area contributed by atoms with Crippen LogP contribution in [0.15, 0.2) is 60.0 Å². The van der Waals surface area contributed by atoms with Crippen LogP contribution in [0.1, 0.15) is 40.3 Å². The van der Waals surface area contributed by atoms with Crippen LogP contribution in [-0.2, 0) is 17.8 Å². The number of thiazole rings is 1. The van der Waals surface area contributed by atoms with Crippen molar-refractivity contribution in [1.82, 2.24) is 15.2 Å². The maximum absolute atomic E-state index is 12.8. The predicted molar refractivity (Wildman–Crippen MR) is 130 cm³/mol. The van der Waals surface area contributed by atoms with Crippen molar-refractivity contribution in [3.05, 3.63) is 81.3 Å². The zero-order valence-electron chi connectivity index (χ0n) is 18.2. The molecule has 1 aromatic heterocycles. The number of nitrogens with one attached hydrogen (secondary N) is 1. The van der Waals surface area contributed by atoms with E-state index < -0.39 is 0 Å². The number of halogens is 1. The van der Waals surface area contributed by atoms with E-state index in [2.05, 4.69) is 10.3 Å². The van der Waals surface area contributed by atoms with Gasteiger partial charge in [0.15, 0.2) is 0 Å². The van der Waals surface area contributed by atoms with Gasteiger partial charge in [0, 0.05) is 36.0 Å². The van der Waals surface area contributed by atoms with E-state index in [0.717, 1.165) is 29.8 Å². The molecule has 0 saturated carbocycles. The van der Waals surface area contributed by atoms with Gasteiger partial charge in [-0.1, -0.05) is 41.9 Å². The molecule has 0 atom stereocenters. The zero-order chi connectivity index (χ0) is 23.0. The van der Waals surface area contributed by atoms with E-state index in [1.54, 1.807) is 29.6 Å². The summed E-state index contributed by atoms with van der Waals surface area (Å²) in [6.07, 6.45) is 2.71. The number of aryl methyl sites for hydroxylation is 1. The fourth-order valence-electron chi connectivity index (χ4n) is 3.74. The van der Waals surface area contributed by atoms with E-state index in [1.807, 2.05) is 35.2 Å². The lowest BCUT2D eigenvalue weighted by Crippen LogP contribution is -2.46. The maximum Gasteiger partial charge on any atom is 0.273 e. The van der Waals surface area contributed by atoms with Crippen molar-refractivity contribution in [2.75, 3.05) is 13.1 Å². The van der Waals surface area contributed by atoms with Crippen LogP contribution in [0.5, 0.6) is 5.75 Å². The number of piperidine rings is 1. The molecule has 0 unspecified atom stereocenters. The summed E-state index contributed by atoms with van der Waals surface area (Å²) in [5.74, 6) is 0.696. The summed E-state index contributed by atoms with van der Waals surface area (Å²) < 4.78 is 5.71. The quantitative estimate of drug-likeness (QED) is 0.502. The average Bonchev–Trinajstić information content (AvgIpc) is 3.32. The van der Waals surface area contributed by atoms with E-state index in [-0.39, 0.29) is 17.9 Å². The third-order valence-electron chi connectivity index (χ3n) is 5.58. The van der Waals surface area contributed by atoms with Crippen molar-refractivity contribution in [1.29, 1.82) is 0 Å². The standard InChI is InChI=1S/C25H26ClN3O3S/c26-19-7-9-21(10-8-19)32-16-24-28-22(17-33-24)25(31)29-14-12-20(13-15-29)27-23(30)11-6-18-4-2-1-3-5-18/h1-5,7-10,17,20H,6,11-16H2,(H,27,30). The SMILES string of the molecule is O=C(CCc1ccccc1)NC1CCN(C(=O)c2csc(COc3ccc(Cl)cc3)n2)CC1. The molecular weight excluding hydrogens is 458 g/mol. The van der Waals surface area contributed by atoms with E-state index in [1.165, 1.54) is 11.3 Å². The number of rotatable bonds is 8. The van der Waals surface area contributed by atoms with Crippen molar-refractivity contribution < 1.29 is 14.3 Å². The highest BCUT2D eigenvalue weighted by Crippen LogP contribution is 2.20. The minimum atomic E-state index is -0.0714. The van der Waals surface area contributed by atoms with Crippen molar-refractivity contribution in [3.8, 4) is 5.75 Å². The molecule has 1 aliphatic heterocycles. The number of nitrogens with zero attached hydrogens (tertiary/aromatic N) is 2. The monoisotopic (exact) mass is 483 g/mol. The highest BCUT2D eigenvalue weighted by molar-refractivity contribution is 7.09. The Morgan fingerprint density at radius 2 is 1.82 bits per heavy atom. The Balaban J connectivity index is 1.20. The number of carbonyl (C=O) groups excluding carboxylic acids is 2. The van der Waals surface area contributed by atoms with Gasteiger partial charge in [0.2, 0.25) is 5.91 Å². The average molecular weight is 484 g/mol. The van der Waals surface area contributed by atoms with Gasteiger partial charge in [-0.2, -0.15) is 0 Å². The summed E-state index contributed by atoms with van der Waals surface area (Å²) in [7, 11) is 0. The van der Waals surface area contributed by atoms with E-state index in [4.69, 9.17) is 16.3 Å². The predicted octanol–water partition coefficient (Wildman–Crippen LogP) is 4.73. The first-order valence-corrected chi connectivity index (χ1v) is 12.3. The second kappa shape index (κ2) is 11.3. The van der Waals surface area contributed by atoms with Crippen LogP contribution in [0, 0.1) is 0 Å². The fraction of sp³-hybridized carbons (Fsp3) is 0.320. The molecule has 0 bridgehead atoms. The van der Waals surface area contributed by atoms with Gasteiger partial charge in [-0.25, -0.2) is 4.98 Å². The topological polar surface area (TPSA) is 71.5 Å². The molecule has 172 valence electrons. The Morgan fingerprint density at radius 3 is 2.55 bits per heavy atom. The minimum absolute atomic E-state index is 0.0634. The number of hydrogen-bond donors (Lipinski definition) is 1. The Hall–Kier alpha value is -2.90. The van der Waals surface area contributed by atoms with E-state index in [0.29, 0.717) is 42.6 Å². The summed E-state index contributed by atoms with van der Waals surface area (Å²) in [5.41, 5.74) is 1.61. The van der Waals surface area contributed by atoms with Gasteiger partial charge >= 0.3 is 0 Å². The lowest BCUT2D eigenvalue weighted by molar-refractivity contribution is -0.122. The second-order valence-electron chi connectivity index (χ2n) is 7.99. The van der Waals surface area contributed by atoms with Gasteiger partial charge in [0.1, 0.15) is 23.1 Å². The summed E-state index contributed by atoms with van der Waals surface area (Å²) in [6, 6.07) is 17.2. The van der Waals surface area contributed by atoms with Crippen LogP contribution >= 0.6 is 22.9 Å². The molecule has 2 heterocycles. The van der Waals surface area contributed by atoms with E-state index in [9.17, 15) is 9.59 Å². The lowest BCUT2D eigenvalue weighted by atomic mass is 10.0. The third kappa shape index (κ3) is 6.79. The first-order valence-electron chi connectivity index (χ1n) is 11.0. The molecule has 1 fully saturated rings. The summed E-state index contributed by atoms with van der Waals surface area (Å²) in [6.45, 7) is 1.52. The smallest absolute Gasteiger partial charge is 0.273 e. The summed E-state index contributed by atoms with van der Waals surface area (Å²) in [4.78, 5) is 31.4. The highest BCUT2D eigenvalue weighted by atomic mass is 35.5. The first kappa shape index (κ1) is 23.3. The summed E-state index contributed by atoms with van der Waals surface area (Å²) >= 11 is 7.29. The molecule has 3 aromatic rings. The molecule has 6 nitrogen and oxygen atoms in total. The normalized spacial score (nSPS) is 14.2. The zero-order valence-corrected chi connectivity index (χ0v) is 19.8. The number of ether oxygens (including phenoxy) is 1. The molecule has 0 radical (unpaired) electrons. The van der Waals surface area contributed by atoms with Crippen LogP contribution in [0.3, 0.4) is 0 Å². The molecule has 8 heteroatoms. The Kier molecular flexibility index (Phi) is 7.96. The Labute approximate surface area is 202 Å². The fourth-order valence-corrected chi connectivity index (χ4v) is 4.55. The van der Waals surface area contributed by atoms with Crippen molar-refractivity contribution in [2.45, 2.75) is 38.3 Å². The molecule has 2 aromatic carbocycles. The molecular formula is C25H26ClN3O3S. The largest absolute Gasteiger partial charge is 0.486 e. The first-order chi connectivity index (χ1) is 16.1. The van der Waals surface area contributed by atoms with Gasteiger partial charge in [-0.15, -0.1) is 11.3 Å². The van der Waals surface area contributed by atoms with Gasteiger partial charge < -0.3 is 15.0 Å². The van der Waals surface area contributed by atoms with Crippen molar-refractivity contribution in [3.63, 3.8) is 0 Å². The molecule has 4 rings (SSSR count). The lowest BCUT2D eigenvalue weighted by Gasteiger charge is -2.32. The van der Waals surface area contributed by atoms with Crippen LogP contribution in [0.25, 0.3) is 0 Å². The molecule has 1 N–H and O–H groups in total. The minimum Gasteiger partial charge on any atom is -0.486 e. The van der Waals surface area contributed by atoms with Gasteiger partial charge in [-0.3, -0.25) is 9.59 Å². The van der Waals surface area contributed by atoms with Crippen LogP contribution < -0.4 is 10.1 Å². The van der Waals surface area contributed by atoms with Crippen molar-refractivity contribution >= 4 is 34.8 Å². The third-order valence-corrected chi connectivity index (χ3v) is 6.65. The van der Waals surface area contributed by atoms with Gasteiger partial charge in [0.05, 0.1) is 0 Å². The van der Waals surface area contributed by atoms with Gasteiger partial charge in [0.25, 0.3) is 5.91 Å². The Morgan fingerprint density at radius 1 is 1.09 bits per heavy atom. The van der Waals surface area contributed by atoms with Crippen LogP contribution in [0.2, 0.25) is 5.02 Å². The molecule has 0 aliphatic carbocycles. The molecule has 1 saturated heterocycles. The van der Waals surface area contributed by atoms with Crippen molar-refractivity contribution in [2.24, 2.45) is 0 Å². The number of aromatic nitrogens is 1. The highest BCUT2D eigenvalue weighted by Gasteiger charge is 2.26. The maximum atomic E-state index is 12.8. The van der Waals surface area contributed by atoms with E-state index >= 15 is 0 Å². The van der Waals surface area contributed by atoms with Gasteiger partial charge in [-0.05, 0) is 49.1 Å². The molecule has 2 amide bonds. The van der Waals surface area contributed by atoms with Crippen LogP contribution in [-0.4, -0.2) is 40.8 Å². The Bertz CT molecular complexity index is 1060. The second-order valence-corrected chi connectivity index (χ2v) is 9.37. The molecule has 1 aliphatic rings. The molecule has 33 heavy (non-hydrogen) atoms. The number of hydrogen-bond acceptors (Lipinski definition) is 5. The number of benzene rings is 2.